The van der Waals surface area contributed by atoms with Crippen LogP contribution >= 0.6 is 0 Å². The van der Waals surface area contributed by atoms with Crippen molar-refractivity contribution in [3.05, 3.63) is 54.6 Å². The molecule has 0 radical (unpaired) electrons. The van der Waals surface area contributed by atoms with Crippen LogP contribution in [0.2, 0.25) is 0 Å². The van der Waals surface area contributed by atoms with Crippen LogP contribution in [0, 0.1) is 0 Å². The molecule has 0 atom stereocenters. The number of hydrogen-bond acceptors (Lipinski definition) is 1. The molecule has 19 heavy (non-hydrogen) atoms. The van der Waals surface area contributed by atoms with Crippen molar-refractivity contribution in [2.24, 2.45) is 0 Å². The molecule has 1 nitrogen and oxygen atoms in total. The highest BCUT2D eigenvalue weighted by Crippen LogP contribution is 2.27. The standard InChI is InChI=1S/C18H18O/c1-18(2,3)19-17-9-8-15-10-13-6-4-5-7-14(13)11-16(15)12-17/h4-12H,1-3H3. The Morgan fingerprint density at radius 1 is 0.684 bits per heavy atom. The average molecular weight is 250 g/mol. The second-order valence-electron chi connectivity index (χ2n) is 5.92. The summed E-state index contributed by atoms with van der Waals surface area (Å²) in [5.74, 6) is 0.926. The number of fused-ring (bicyclic) bond motifs is 2. The minimum atomic E-state index is -0.162. The Balaban J connectivity index is 2.14. The maximum absolute atomic E-state index is 5.92. The van der Waals surface area contributed by atoms with Gasteiger partial charge in [-0.3, -0.25) is 0 Å². The van der Waals surface area contributed by atoms with Gasteiger partial charge in [-0.25, -0.2) is 0 Å². The van der Waals surface area contributed by atoms with Crippen LogP contribution in [-0.4, -0.2) is 5.60 Å². The van der Waals surface area contributed by atoms with E-state index in [4.69, 9.17) is 4.74 Å². The quantitative estimate of drug-likeness (QED) is 0.541. The summed E-state index contributed by atoms with van der Waals surface area (Å²) >= 11 is 0. The second kappa shape index (κ2) is 4.27. The molecular formula is C18H18O. The predicted molar refractivity (Wildman–Crippen MR) is 81.8 cm³/mol. The first kappa shape index (κ1) is 12.0. The average Bonchev–Trinajstić information content (AvgIpc) is 2.34. The smallest absolute Gasteiger partial charge is 0.120 e. The molecule has 3 aromatic carbocycles. The third-order valence-electron chi connectivity index (χ3n) is 3.10. The third-order valence-corrected chi connectivity index (χ3v) is 3.10. The summed E-state index contributed by atoms with van der Waals surface area (Å²) in [4.78, 5) is 0. The van der Waals surface area contributed by atoms with E-state index in [-0.39, 0.29) is 5.60 Å². The maximum atomic E-state index is 5.92. The number of hydrogen-bond donors (Lipinski definition) is 0. The molecule has 0 spiro atoms. The van der Waals surface area contributed by atoms with Gasteiger partial charge in [0.25, 0.3) is 0 Å². The van der Waals surface area contributed by atoms with E-state index in [1.807, 2.05) is 6.07 Å². The third kappa shape index (κ3) is 2.55. The van der Waals surface area contributed by atoms with Crippen LogP contribution in [0.15, 0.2) is 54.6 Å². The van der Waals surface area contributed by atoms with E-state index in [0.717, 1.165) is 5.75 Å². The highest BCUT2D eigenvalue weighted by atomic mass is 16.5. The predicted octanol–water partition coefficient (Wildman–Crippen LogP) is 5.17. The molecule has 0 saturated carbocycles. The maximum Gasteiger partial charge on any atom is 0.120 e. The molecule has 0 aliphatic rings. The molecule has 0 saturated heterocycles. The fourth-order valence-corrected chi connectivity index (χ4v) is 2.34. The Bertz CT molecular complexity index is 735. The lowest BCUT2D eigenvalue weighted by molar-refractivity contribution is 0.131. The van der Waals surface area contributed by atoms with Crippen molar-refractivity contribution in [2.75, 3.05) is 0 Å². The molecule has 3 rings (SSSR count). The van der Waals surface area contributed by atoms with Crippen molar-refractivity contribution in [3.63, 3.8) is 0 Å². The number of ether oxygens (including phenoxy) is 1. The number of benzene rings is 3. The van der Waals surface area contributed by atoms with E-state index in [9.17, 15) is 0 Å². The van der Waals surface area contributed by atoms with E-state index in [0.29, 0.717) is 0 Å². The van der Waals surface area contributed by atoms with Gasteiger partial charge in [0.05, 0.1) is 0 Å². The van der Waals surface area contributed by atoms with Gasteiger partial charge >= 0.3 is 0 Å². The van der Waals surface area contributed by atoms with Crippen LogP contribution in [0.4, 0.5) is 0 Å². The van der Waals surface area contributed by atoms with E-state index in [2.05, 4.69) is 69.3 Å². The van der Waals surface area contributed by atoms with Crippen molar-refractivity contribution in [1.82, 2.24) is 0 Å². The van der Waals surface area contributed by atoms with Gasteiger partial charge < -0.3 is 4.74 Å². The van der Waals surface area contributed by atoms with Crippen molar-refractivity contribution >= 4 is 21.5 Å². The van der Waals surface area contributed by atoms with Gasteiger partial charge in [-0.2, -0.15) is 0 Å². The molecule has 0 aliphatic heterocycles. The molecule has 0 amide bonds. The largest absolute Gasteiger partial charge is 0.488 e. The molecule has 0 aromatic heterocycles. The van der Waals surface area contributed by atoms with Crippen LogP contribution in [0.5, 0.6) is 5.75 Å². The summed E-state index contributed by atoms with van der Waals surface area (Å²) < 4.78 is 5.92. The Hall–Kier alpha value is -2.02. The first-order chi connectivity index (χ1) is 9.01. The first-order valence-electron chi connectivity index (χ1n) is 6.63. The molecule has 3 aromatic rings. The summed E-state index contributed by atoms with van der Waals surface area (Å²) in [7, 11) is 0. The number of rotatable bonds is 1. The lowest BCUT2D eigenvalue weighted by Crippen LogP contribution is -2.22. The normalized spacial score (nSPS) is 11.9. The van der Waals surface area contributed by atoms with Crippen LogP contribution < -0.4 is 4.74 Å². The molecule has 0 bridgehead atoms. The monoisotopic (exact) mass is 250 g/mol. The zero-order valence-corrected chi connectivity index (χ0v) is 11.6. The summed E-state index contributed by atoms with van der Waals surface area (Å²) in [5, 5.41) is 5.02. The summed E-state index contributed by atoms with van der Waals surface area (Å²) in [6.45, 7) is 6.20. The molecule has 0 heterocycles. The van der Waals surface area contributed by atoms with E-state index < -0.39 is 0 Å². The molecule has 0 fully saturated rings. The van der Waals surface area contributed by atoms with Crippen molar-refractivity contribution < 1.29 is 4.74 Å². The van der Waals surface area contributed by atoms with Crippen LogP contribution in [0.25, 0.3) is 21.5 Å². The molecule has 1 heteroatoms. The van der Waals surface area contributed by atoms with E-state index in [1.165, 1.54) is 21.5 Å². The Kier molecular flexibility index (Phi) is 2.70. The van der Waals surface area contributed by atoms with Crippen LogP contribution in [0.3, 0.4) is 0 Å². The Morgan fingerprint density at radius 3 is 1.89 bits per heavy atom. The highest BCUT2D eigenvalue weighted by Gasteiger charge is 2.11. The highest BCUT2D eigenvalue weighted by molar-refractivity contribution is 5.98. The Morgan fingerprint density at radius 2 is 1.26 bits per heavy atom. The van der Waals surface area contributed by atoms with Crippen LogP contribution in [0.1, 0.15) is 20.8 Å². The second-order valence-corrected chi connectivity index (χ2v) is 5.92. The van der Waals surface area contributed by atoms with Crippen molar-refractivity contribution in [1.29, 1.82) is 0 Å². The van der Waals surface area contributed by atoms with E-state index >= 15 is 0 Å². The molecule has 0 aliphatic carbocycles. The van der Waals surface area contributed by atoms with Gasteiger partial charge in [0.1, 0.15) is 11.4 Å². The fourth-order valence-electron chi connectivity index (χ4n) is 2.34. The van der Waals surface area contributed by atoms with Gasteiger partial charge in [-0.1, -0.05) is 30.3 Å². The lowest BCUT2D eigenvalue weighted by atomic mass is 10.0. The molecule has 0 N–H and O–H groups in total. The SMILES string of the molecule is CC(C)(C)Oc1ccc2cc3ccccc3cc2c1. The van der Waals surface area contributed by atoms with Gasteiger partial charge in [-0.05, 0) is 66.6 Å². The summed E-state index contributed by atoms with van der Waals surface area (Å²) in [6, 6.07) is 19.2. The summed E-state index contributed by atoms with van der Waals surface area (Å²) in [5.41, 5.74) is -0.162. The first-order valence-corrected chi connectivity index (χ1v) is 6.63. The van der Waals surface area contributed by atoms with E-state index in [1.54, 1.807) is 0 Å². The fraction of sp³-hybridized carbons (Fsp3) is 0.222. The lowest BCUT2D eigenvalue weighted by Gasteiger charge is -2.21. The minimum Gasteiger partial charge on any atom is -0.488 e. The Labute approximate surface area is 113 Å². The van der Waals surface area contributed by atoms with Gasteiger partial charge in [0.15, 0.2) is 0 Å². The van der Waals surface area contributed by atoms with Crippen molar-refractivity contribution in [3.8, 4) is 5.75 Å². The molecule has 0 unspecified atom stereocenters. The van der Waals surface area contributed by atoms with Gasteiger partial charge in [-0.15, -0.1) is 0 Å². The van der Waals surface area contributed by atoms with Crippen LogP contribution in [-0.2, 0) is 0 Å². The zero-order valence-electron chi connectivity index (χ0n) is 11.6. The molecular weight excluding hydrogens is 232 g/mol. The van der Waals surface area contributed by atoms with Gasteiger partial charge in [0.2, 0.25) is 0 Å². The minimum absolute atomic E-state index is 0.162. The summed E-state index contributed by atoms with van der Waals surface area (Å²) in [6.07, 6.45) is 0. The molecule has 96 valence electrons. The van der Waals surface area contributed by atoms with Gasteiger partial charge in [0, 0.05) is 0 Å². The topological polar surface area (TPSA) is 9.23 Å². The zero-order chi connectivity index (χ0) is 13.5. The van der Waals surface area contributed by atoms with Crippen molar-refractivity contribution in [2.45, 2.75) is 26.4 Å².